The number of nitrogens with zero attached hydrogens (tertiary/aromatic N) is 1. The second-order valence-electron chi connectivity index (χ2n) is 5.75. The van der Waals surface area contributed by atoms with E-state index in [4.69, 9.17) is 23.2 Å². The van der Waals surface area contributed by atoms with Gasteiger partial charge in [0, 0.05) is 17.8 Å². The molecular weight excluding hydrogens is 385 g/mol. The summed E-state index contributed by atoms with van der Waals surface area (Å²) in [5, 5.41) is 2.64. The number of anilines is 2. The number of pyridine rings is 1. The van der Waals surface area contributed by atoms with Gasteiger partial charge in [-0.05, 0) is 42.3 Å². The molecule has 0 bridgehead atoms. The number of nitrogens with one attached hydrogen (secondary N) is 2. The zero-order valence-corrected chi connectivity index (χ0v) is 15.9. The number of halogens is 2. The lowest BCUT2D eigenvalue weighted by Crippen LogP contribution is -2.15. The Labute approximate surface area is 156 Å². The van der Waals surface area contributed by atoms with Crippen molar-refractivity contribution in [2.45, 2.75) is 25.2 Å². The summed E-state index contributed by atoms with van der Waals surface area (Å²) in [6, 6.07) is 8.92. The molecule has 0 fully saturated rings. The van der Waals surface area contributed by atoms with E-state index in [0.717, 1.165) is 0 Å². The number of amides is 1. The fraction of sp³-hybridized carbons (Fsp3) is 0.250. The molecule has 0 saturated heterocycles. The Morgan fingerprint density at radius 3 is 2.24 bits per heavy atom. The zero-order valence-electron chi connectivity index (χ0n) is 13.6. The number of rotatable bonds is 6. The van der Waals surface area contributed by atoms with Gasteiger partial charge < -0.3 is 5.32 Å². The van der Waals surface area contributed by atoms with Crippen molar-refractivity contribution in [1.82, 2.24) is 4.98 Å². The van der Waals surface area contributed by atoms with Crippen molar-refractivity contribution < 1.29 is 13.2 Å². The molecule has 1 heterocycles. The summed E-state index contributed by atoms with van der Waals surface area (Å²) in [5.41, 5.74) is 0.910. The molecule has 9 heteroatoms. The minimum atomic E-state index is -3.90. The van der Waals surface area contributed by atoms with E-state index < -0.39 is 10.0 Å². The Bertz CT molecular complexity index is 869. The van der Waals surface area contributed by atoms with Crippen molar-refractivity contribution in [2.75, 3.05) is 10.0 Å². The summed E-state index contributed by atoms with van der Waals surface area (Å²) in [7, 11) is -3.90. The van der Waals surface area contributed by atoms with Crippen LogP contribution >= 0.6 is 23.2 Å². The van der Waals surface area contributed by atoms with Crippen LogP contribution in [-0.4, -0.2) is 19.3 Å². The van der Waals surface area contributed by atoms with E-state index in [1.54, 1.807) is 24.3 Å². The number of aromatic nitrogens is 1. The molecule has 134 valence electrons. The molecule has 2 rings (SSSR count). The van der Waals surface area contributed by atoms with Gasteiger partial charge in [0.2, 0.25) is 5.91 Å². The molecule has 0 aliphatic rings. The molecule has 0 aliphatic heterocycles. The molecule has 0 atom stereocenters. The second kappa shape index (κ2) is 8.03. The number of carbonyl (C=O) groups excluding carboxylic acids is 1. The maximum atomic E-state index is 12.4. The van der Waals surface area contributed by atoms with Crippen LogP contribution in [0.25, 0.3) is 0 Å². The summed E-state index contributed by atoms with van der Waals surface area (Å²) in [5.74, 6) is 0.158. The molecule has 1 amide bonds. The van der Waals surface area contributed by atoms with Crippen molar-refractivity contribution >= 4 is 50.5 Å². The van der Waals surface area contributed by atoms with Crippen LogP contribution in [0.5, 0.6) is 0 Å². The summed E-state index contributed by atoms with van der Waals surface area (Å²) in [6.07, 6.45) is 0.413. The van der Waals surface area contributed by atoms with Gasteiger partial charge >= 0.3 is 0 Å². The van der Waals surface area contributed by atoms with Crippen LogP contribution in [0.4, 0.5) is 11.4 Å². The SMILES string of the molecule is CC(C)CC(=O)Nc1ccc(NS(=O)(=O)c2ccc(Cl)nc2Cl)cc1. The van der Waals surface area contributed by atoms with E-state index in [2.05, 4.69) is 15.0 Å². The van der Waals surface area contributed by atoms with E-state index in [1.807, 2.05) is 13.8 Å². The molecule has 0 unspecified atom stereocenters. The predicted molar refractivity (Wildman–Crippen MR) is 99.6 cm³/mol. The number of carbonyl (C=O) groups is 1. The molecule has 0 radical (unpaired) electrons. The Kier molecular flexibility index (Phi) is 6.26. The number of hydrogen-bond donors (Lipinski definition) is 2. The van der Waals surface area contributed by atoms with Gasteiger partial charge in [-0.2, -0.15) is 0 Å². The van der Waals surface area contributed by atoms with Crippen LogP contribution in [0.1, 0.15) is 20.3 Å². The lowest BCUT2D eigenvalue weighted by molar-refractivity contribution is -0.116. The van der Waals surface area contributed by atoms with Crippen LogP contribution in [0.3, 0.4) is 0 Å². The Balaban J connectivity index is 2.11. The zero-order chi connectivity index (χ0) is 18.6. The third kappa shape index (κ3) is 5.59. The molecule has 6 nitrogen and oxygen atoms in total. The maximum Gasteiger partial charge on any atom is 0.264 e. The molecule has 0 saturated carbocycles. The van der Waals surface area contributed by atoms with Crippen LogP contribution < -0.4 is 10.0 Å². The first-order chi connectivity index (χ1) is 11.7. The first-order valence-corrected chi connectivity index (χ1v) is 9.66. The predicted octanol–water partition coefficient (Wildman–Crippen LogP) is 4.17. The first kappa shape index (κ1) is 19.5. The van der Waals surface area contributed by atoms with Crippen molar-refractivity contribution in [3.05, 3.63) is 46.7 Å². The average molecular weight is 402 g/mol. The summed E-state index contributed by atoms with van der Waals surface area (Å²) in [6.45, 7) is 3.91. The van der Waals surface area contributed by atoms with E-state index in [9.17, 15) is 13.2 Å². The average Bonchev–Trinajstić information content (AvgIpc) is 2.47. The van der Waals surface area contributed by atoms with E-state index in [0.29, 0.717) is 17.8 Å². The van der Waals surface area contributed by atoms with E-state index >= 15 is 0 Å². The van der Waals surface area contributed by atoms with Crippen molar-refractivity contribution in [2.24, 2.45) is 5.92 Å². The van der Waals surface area contributed by atoms with E-state index in [-0.39, 0.29) is 27.0 Å². The third-order valence-electron chi connectivity index (χ3n) is 3.08. The highest BCUT2D eigenvalue weighted by Gasteiger charge is 2.19. The topological polar surface area (TPSA) is 88.2 Å². The largest absolute Gasteiger partial charge is 0.326 e. The minimum absolute atomic E-state index is 0.0950. The quantitative estimate of drug-likeness (QED) is 0.710. The number of benzene rings is 1. The lowest BCUT2D eigenvalue weighted by atomic mass is 10.1. The van der Waals surface area contributed by atoms with Crippen LogP contribution in [0.2, 0.25) is 10.3 Å². The minimum Gasteiger partial charge on any atom is -0.326 e. The summed E-state index contributed by atoms with van der Waals surface area (Å²) < 4.78 is 27.1. The van der Waals surface area contributed by atoms with Crippen molar-refractivity contribution in [1.29, 1.82) is 0 Å². The second-order valence-corrected chi connectivity index (χ2v) is 8.15. The molecule has 2 aromatic rings. The van der Waals surface area contributed by atoms with Crippen LogP contribution in [0.15, 0.2) is 41.3 Å². The molecule has 0 aliphatic carbocycles. The molecule has 1 aromatic heterocycles. The van der Waals surface area contributed by atoms with Gasteiger partial charge in [-0.1, -0.05) is 37.0 Å². The molecule has 0 spiro atoms. The lowest BCUT2D eigenvalue weighted by Gasteiger charge is -2.11. The third-order valence-corrected chi connectivity index (χ3v) is 5.11. The number of hydrogen-bond acceptors (Lipinski definition) is 4. The van der Waals surface area contributed by atoms with Gasteiger partial charge in [0.05, 0.1) is 0 Å². The van der Waals surface area contributed by atoms with E-state index in [1.165, 1.54) is 12.1 Å². The van der Waals surface area contributed by atoms with Gasteiger partial charge in [-0.15, -0.1) is 0 Å². The summed E-state index contributed by atoms with van der Waals surface area (Å²) in [4.78, 5) is 15.3. The fourth-order valence-corrected chi connectivity index (χ4v) is 3.73. The summed E-state index contributed by atoms with van der Waals surface area (Å²) >= 11 is 11.5. The van der Waals surface area contributed by atoms with Crippen molar-refractivity contribution in [3.63, 3.8) is 0 Å². The van der Waals surface area contributed by atoms with Gasteiger partial charge in [-0.25, -0.2) is 13.4 Å². The highest BCUT2D eigenvalue weighted by atomic mass is 35.5. The molecular formula is C16H17Cl2N3O3S. The standard InChI is InChI=1S/C16H17Cl2N3O3S/c1-10(2)9-15(22)19-11-3-5-12(6-4-11)21-25(23,24)13-7-8-14(17)20-16(13)18/h3-8,10,21H,9H2,1-2H3,(H,19,22). The van der Waals surface area contributed by atoms with Crippen molar-refractivity contribution in [3.8, 4) is 0 Å². The van der Waals surface area contributed by atoms with Gasteiger partial charge in [0.1, 0.15) is 10.0 Å². The van der Waals surface area contributed by atoms with Gasteiger partial charge in [-0.3, -0.25) is 9.52 Å². The Morgan fingerprint density at radius 2 is 1.68 bits per heavy atom. The Hall–Kier alpha value is -1.83. The molecule has 1 aromatic carbocycles. The smallest absolute Gasteiger partial charge is 0.264 e. The highest BCUT2D eigenvalue weighted by molar-refractivity contribution is 7.92. The fourth-order valence-electron chi connectivity index (χ4n) is 2.01. The Morgan fingerprint density at radius 1 is 1.08 bits per heavy atom. The van der Waals surface area contributed by atoms with Crippen LogP contribution in [0, 0.1) is 5.92 Å². The monoisotopic (exact) mass is 401 g/mol. The first-order valence-electron chi connectivity index (χ1n) is 7.42. The number of sulfonamides is 1. The van der Waals surface area contributed by atoms with Gasteiger partial charge in [0.15, 0.2) is 5.15 Å². The van der Waals surface area contributed by atoms with Gasteiger partial charge in [0.25, 0.3) is 10.0 Å². The van der Waals surface area contributed by atoms with Crippen LogP contribution in [-0.2, 0) is 14.8 Å². The molecule has 2 N–H and O–H groups in total. The molecule has 25 heavy (non-hydrogen) atoms. The highest BCUT2D eigenvalue weighted by Crippen LogP contribution is 2.24. The normalized spacial score (nSPS) is 11.4. The maximum absolute atomic E-state index is 12.4.